The van der Waals surface area contributed by atoms with Crippen LogP contribution in [0, 0.1) is 11.8 Å². The third kappa shape index (κ3) is 19.3. The lowest BCUT2D eigenvalue weighted by atomic mass is 10.0. The molecule has 0 radical (unpaired) electrons. The van der Waals surface area contributed by atoms with E-state index in [0.717, 1.165) is 0 Å². The second-order valence-electron chi connectivity index (χ2n) is 14.1. The lowest BCUT2D eigenvalue weighted by molar-refractivity contribution is -0.141. The summed E-state index contributed by atoms with van der Waals surface area (Å²) < 4.78 is 0. The number of nitrogens with one attached hydrogen (secondary N) is 8. The molecule has 0 aromatic rings. The van der Waals surface area contributed by atoms with Gasteiger partial charge in [0.1, 0.15) is 42.3 Å². The third-order valence-electron chi connectivity index (χ3n) is 8.11. The molecule has 0 aliphatic rings. The van der Waals surface area contributed by atoms with Gasteiger partial charge in [-0.25, -0.2) is 0 Å². The summed E-state index contributed by atoms with van der Waals surface area (Å²) in [5.74, 6) is -7.95. The Morgan fingerprint density at radius 3 is 1.58 bits per heavy atom. The molecule has 8 atom stereocenters. The van der Waals surface area contributed by atoms with E-state index in [9.17, 15) is 48.3 Å². The Bertz CT molecular complexity index is 1340. The van der Waals surface area contributed by atoms with Crippen molar-refractivity contribution < 1.29 is 53.4 Å². The van der Waals surface area contributed by atoms with Crippen molar-refractivity contribution in [1.82, 2.24) is 42.5 Å². The molecule has 0 aromatic heterocycles. The van der Waals surface area contributed by atoms with Crippen molar-refractivity contribution in [1.29, 1.82) is 0 Å². The van der Waals surface area contributed by atoms with Crippen molar-refractivity contribution in [3.63, 3.8) is 0 Å². The van der Waals surface area contributed by atoms with E-state index in [1.165, 1.54) is 27.7 Å². The molecule has 0 saturated carbocycles. The summed E-state index contributed by atoms with van der Waals surface area (Å²) in [6.45, 7) is 11.4. The fourth-order valence-electron chi connectivity index (χ4n) is 4.87. The smallest absolute Gasteiger partial charge is 0.325 e. The first-order chi connectivity index (χ1) is 25.5. The Morgan fingerprint density at radius 2 is 1.07 bits per heavy atom. The number of carbonyl (C=O) groups excluding carboxylic acids is 8. The number of amides is 8. The van der Waals surface area contributed by atoms with Crippen LogP contribution in [0.15, 0.2) is 0 Å². The molecule has 0 aromatic carbocycles. The molecule has 21 nitrogen and oxygen atoms in total. The van der Waals surface area contributed by atoms with E-state index in [1.807, 2.05) is 0 Å². The van der Waals surface area contributed by atoms with Crippen LogP contribution in [-0.2, 0) is 43.2 Å². The molecule has 0 aliphatic heterocycles. The normalized spacial score (nSPS) is 15.4. The number of carboxylic acid groups (broad SMARTS) is 1. The fourth-order valence-corrected chi connectivity index (χ4v) is 4.87. The minimum Gasteiger partial charge on any atom is -0.480 e. The minimum atomic E-state index is -1.52. The van der Waals surface area contributed by atoms with Crippen LogP contribution in [-0.4, -0.2) is 131 Å². The second kappa shape index (κ2) is 25.2. The van der Waals surface area contributed by atoms with Gasteiger partial charge in [0.15, 0.2) is 0 Å². The summed E-state index contributed by atoms with van der Waals surface area (Å²) in [6.07, 6.45) is -0.304. The van der Waals surface area contributed by atoms with Crippen molar-refractivity contribution in [2.24, 2.45) is 23.3 Å². The van der Waals surface area contributed by atoms with Gasteiger partial charge in [0, 0.05) is 0 Å². The van der Waals surface area contributed by atoms with Gasteiger partial charge < -0.3 is 64.2 Å². The van der Waals surface area contributed by atoms with Crippen LogP contribution in [0.5, 0.6) is 0 Å². The Kier molecular flexibility index (Phi) is 23.0. The summed E-state index contributed by atoms with van der Waals surface area (Å²) in [7, 11) is 0. The lowest BCUT2D eigenvalue weighted by Crippen LogP contribution is -2.60. The summed E-state index contributed by atoms with van der Waals surface area (Å²) in [5, 5.41) is 38.7. The predicted octanol–water partition coefficient (Wildman–Crippen LogP) is -4.19. The number of aliphatic hydroxyl groups is 1. The first-order valence-corrected chi connectivity index (χ1v) is 18.2. The summed E-state index contributed by atoms with van der Waals surface area (Å²) >= 11 is 0. The standard InChI is InChI=1S/C34H62N10O11/c1-16(2)13-23(42-33(53)27(21(8)45)44-29(49)18(5)38-24(46)14-36)31(51)41-22(11-9-10-12-35)30(50)37-15-25(47)43-26(17(3)4)32(52)39-19(6)28(48)40-20(7)34(54)55/h16-23,26-27,45H,9-15,35-36H2,1-8H3,(H,37,50)(H,38,46)(H,39,52)(H,40,48)(H,41,51)(H,42,53)(H,43,47)(H,44,49)(H,54,55)/t18-,19-,20-,21+,22-,23-,26-,27-/m0/s1. The summed E-state index contributed by atoms with van der Waals surface area (Å²) in [5.41, 5.74) is 10.9. The molecule has 0 heterocycles. The van der Waals surface area contributed by atoms with Crippen molar-refractivity contribution in [3.8, 4) is 0 Å². The van der Waals surface area contributed by atoms with Crippen LogP contribution < -0.4 is 54.0 Å². The third-order valence-corrected chi connectivity index (χ3v) is 8.11. The van der Waals surface area contributed by atoms with Crippen LogP contribution in [0.2, 0.25) is 0 Å². The number of unbranched alkanes of at least 4 members (excludes halogenated alkanes) is 1. The number of hydrogen-bond acceptors (Lipinski definition) is 12. The molecule has 0 saturated heterocycles. The van der Waals surface area contributed by atoms with Crippen LogP contribution in [0.25, 0.3) is 0 Å². The molecule has 0 fully saturated rings. The van der Waals surface area contributed by atoms with Crippen molar-refractivity contribution in [2.45, 2.75) is 129 Å². The topological polar surface area (TPSA) is 342 Å². The van der Waals surface area contributed by atoms with E-state index in [-0.39, 0.29) is 25.3 Å². The molecule has 0 aliphatic carbocycles. The largest absolute Gasteiger partial charge is 0.480 e. The van der Waals surface area contributed by atoms with E-state index in [4.69, 9.17) is 16.6 Å². The highest BCUT2D eigenvalue weighted by molar-refractivity contribution is 5.97. The van der Waals surface area contributed by atoms with Crippen molar-refractivity contribution >= 4 is 53.2 Å². The van der Waals surface area contributed by atoms with Gasteiger partial charge in [0.25, 0.3) is 0 Å². The maximum atomic E-state index is 13.6. The molecule has 0 bridgehead atoms. The van der Waals surface area contributed by atoms with Crippen molar-refractivity contribution in [2.75, 3.05) is 19.6 Å². The Labute approximate surface area is 321 Å². The molecule has 0 unspecified atom stereocenters. The number of carboxylic acids is 1. The molecule has 21 heteroatoms. The molecule has 0 spiro atoms. The molecular formula is C34H62N10O11. The van der Waals surface area contributed by atoms with Gasteiger partial charge in [0.05, 0.1) is 19.2 Å². The Morgan fingerprint density at radius 1 is 0.545 bits per heavy atom. The van der Waals surface area contributed by atoms with E-state index < -0.39 is 114 Å². The van der Waals surface area contributed by atoms with E-state index >= 15 is 0 Å². The van der Waals surface area contributed by atoms with Crippen LogP contribution >= 0.6 is 0 Å². The number of aliphatic hydroxyl groups excluding tert-OH is 1. The van der Waals surface area contributed by atoms with Crippen LogP contribution in [0.4, 0.5) is 0 Å². The number of hydrogen-bond donors (Lipinski definition) is 12. The zero-order valence-electron chi connectivity index (χ0n) is 32.9. The molecule has 55 heavy (non-hydrogen) atoms. The number of rotatable bonds is 25. The van der Waals surface area contributed by atoms with E-state index in [1.54, 1.807) is 27.7 Å². The Hall–Kier alpha value is -4.89. The highest BCUT2D eigenvalue weighted by Crippen LogP contribution is 2.09. The van der Waals surface area contributed by atoms with Gasteiger partial charge in [-0.15, -0.1) is 0 Å². The van der Waals surface area contributed by atoms with E-state index in [2.05, 4.69) is 42.5 Å². The summed E-state index contributed by atoms with van der Waals surface area (Å²) in [4.78, 5) is 114. The van der Waals surface area contributed by atoms with Crippen molar-refractivity contribution in [3.05, 3.63) is 0 Å². The maximum absolute atomic E-state index is 13.6. The first-order valence-electron chi connectivity index (χ1n) is 18.2. The summed E-state index contributed by atoms with van der Waals surface area (Å²) in [6, 6.07) is -8.50. The molecule has 0 rings (SSSR count). The average molecular weight is 787 g/mol. The van der Waals surface area contributed by atoms with E-state index in [0.29, 0.717) is 19.4 Å². The van der Waals surface area contributed by atoms with Crippen LogP contribution in [0.1, 0.15) is 81.1 Å². The minimum absolute atomic E-state index is 0.0953. The number of aliphatic carboxylic acids is 1. The fraction of sp³-hybridized carbons (Fsp3) is 0.735. The van der Waals surface area contributed by atoms with Gasteiger partial charge in [-0.1, -0.05) is 27.7 Å². The van der Waals surface area contributed by atoms with Gasteiger partial charge in [-0.05, 0) is 71.8 Å². The number of carbonyl (C=O) groups is 9. The maximum Gasteiger partial charge on any atom is 0.325 e. The first kappa shape index (κ1) is 50.1. The molecule has 314 valence electrons. The van der Waals surface area contributed by atoms with Gasteiger partial charge >= 0.3 is 5.97 Å². The molecule has 8 amide bonds. The molecule has 14 N–H and O–H groups in total. The SMILES string of the molecule is CC(C)C[C@H](NC(=O)[C@@H](NC(=O)[C@H](C)NC(=O)CN)[C@@H](C)O)C(=O)N[C@@H](CCCCN)C(=O)NCC(=O)N[C@H](C(=O)N[C@@H](C)C(=O)N[C@@H](C)C(=O)O)C(C)C. The Balaban J connectivity index is 5.78. The molecular weight excluding hydrogens is 724 g/mol. The van der Waals surface area contributed by atoms with Gasteiger partial charge in [0.2, 0.25) is 47.3 Å². The highest BCUT2D eigenvalue weighted by Gasteiger charge is 2.33. The van der Waals surface area contributed by atoms with Gasteiger partial charge in [-0.3, -0.25) is 43.2 Å². The monoisotopic (exact) mass is 786 g/mol. The quantitative estimate of drug-likeness (QED) is 0.0391. The second-order valence-corrected chi connectivity index (χ2v) is 14.1. The number of nitrogens with two attached hydrogens (primary N) is 2. The average Bonchev–Trinajstić information content (AvgIpc) is 3.09. The van der Waals surface area contributed by atoms with Gasteiger partial charge in [-0.2, -0.15) is 0 Å². The highest BCUT2D eigenvalue weighted by atomic mass is 16.4. The predicted molar refractivity (Wildman–Crippen MR) is 199 cm³/mol. The van der Waals surface area contributed by atoms with Crippen LogP contribution in [0.3, 0.4) is 0 Å². The zero-order valence-corrected chi connectivity index (χ0v) is 32.9. The lowest BCUT2D eigenvalue weighted by Gasteiger charge is -2.28. The zero-order chi connectivity index (χ0) is 42.6.